The lowest BCUT2D eigenvalue weighted by Crippen LogP contribution is -2.49. The van der Waals surface area contributed by atoms with Crippen molar-refractivity contribution in [3.8, 4) is 0 Å². The van der Waals surface area contributed by atoms with Gasteiger partial charge in [0.05, 0.1) is 6.54 Å². The quantitative estimate of drug-likeness (QED) is 0.343. The third-order valence-corrected chi connectivity index (χ3v) is 5.22. The van der Waals surface area contributed by atoms with E-state index in [0.717, 1.165) is 56.2 Å². The number of nitrogens with one attached hydrogen (secondary N) is 1. The Hall–Kier alpha value is -0.380. The minimum absolute atomic E-state index is 0. The number of guanidine groups is 1. The summed E-state index contributed by atoms with van der Waals surface area (Å²) in [6, 6.07) is 8.95. The Balaban J connectivity index is 0.00000338. The second-order valence-corrected chi connectivity index (χ2v) is 7.78. The summed E-state index contributed by atoms with van der Waals surface area (Å²) < 4.78 is 1.11. The van der Waals surface area contributed by atoms with Crippen molar-refractivity contribution in [2.75, 3.05) is 53.4 Å². The smallest absolute Gasteiger partial charge is 0.194 e. The predicted molar refractivity (Wildman–Crippen MR) is 126 cm³/mol. The Morgan fingerprint density at radius 3 is 2.42 bits per heavy atom. The molecule has 1 unspecified atom stereocenters. The van der Waals surface area contributed by atoms with Crippen molar-refractivity contribution in [3.05, 3.63) is 34.3 Å². The van der Waals surface area contributed by atoms with Crippen molar-refractivity contribution >= 4 is 45.9 Å². The first-order valence-corrected chi connectivity index (χ1v) is 9.95. The van der Waals surface area contributed by atoms with Crippen LogP contribution in [0.2, 0.25) is 0 Å². The summed E-state index contributed by atoms with van der Waals surface area (Å²) in [7, 11) is 4.30. The van der Waals surface area contributed by atoms with Gasteiger partial charge in [-0.3, -0.25) is 9.89 Å². The molecule has 1 N–H and O–H groups in total. The van der Waals surface area contributed by atoms with E-state index >= 15 is 0 Å². The maximum atomic E-state index is 4.89. The molecule has 1 heterocycles. The standard InChI is InChI=1S/C19H32BrN5.HI/c1-5-21-19(24(4)15-17-6-8-18(20)9-7-17)22-14-16(2)25-12-10-23(3)11-13-25;/h6-9,16H,5,10-15H2,1-4H3,(H,21,22);1H. The third kappa shape index (κ3) is 7.70. The monoisotopic (exact) mass is 537 g/mol. The summed E-state index contributed by atoms with van der Waals surface area (Å²) in [6.07, 6.45) is 0. The molecule has 0 spiro atoms. The largest absolute Gasteiger partial charge is 0.357 e. The highest BCUT2D eigenvalue weighted by atomic mass is 127. The van der Waals surface area contributed by atoms with Gasteiger partial charge in [0.1, 0.15) is 0 Å². The molecule has 0 aliphatic carbocycles. The molecule has 26 heavy (non-hydrogen) atoms. The van der Waals surface area contributed by atoms with E-state index < -0.39 is 0 Å². The van der Waals surface area contributed by atoms with Crippen molar-refractivity contribution in [2.24, 2.45) is 4.99 Å². The van der Waals surface area contributed by atoms with E-state index in [4.69, 9.17) is 4.99 Å². The molecule has 148 valence electrons. The van der Waals surface area contributed by atoms with E-state index in [0.29, 0.717) is 6.04 Å². The number of benzene rings is 1. The van der Waals surface area contributed by atoms with Gasteiger partial charge in [-0.05, 0) is 38.6 Å². The van der Waals surface area contributed by atoms with E-state index in [9.17, 15) is 0 Å². The van der Waals surface area contributed by atoms with Crippen molar-refractivity contribution in [3.63, 3.8) is 0 Å². The van der Waals surface area contributed by atoms with Gasteiger partial charge in [-0.1, -0.05) is 28.1 Å². The average molecular weight is 538 g/mol. The van der Waals surface area contributed by atoms with Crippen LogP contribution in [0.1, 0.15) is 19.4 Å². The van der Waals surface area contributed by atoms with Crippen molar-refractivity contribution in [1.29, 1.82) is 0 Å². The van der Waals surface area contributed by atoms with Crippen LogP contribution in [-0.4, -0.2) is 80.1 Å². The van der Waals surface area contributed by atoms with Gasteiger partial charge in [0.25, 0.3) is 0 Å². The minimum atomic E-state index is 0. The van der Waals surface area contributed by atoms with E-state index in [1.165, 1.54) is 5.56 Å². The van der Waals surface area contributed by atoms with Gasteiger partial charge in [-0.2, -0.15) is 0 Å². The molecule has 1 aromatic carbocycles. The molecule has 2 rings (SSSR count). The van der Waals surface area contributed by atoms with Crippen molar-refractivity contribution in [2.45, 2.75) is 26.4 Å². The number of nitrogens with zero attached hydrogens (tertiary/aromatic N) is 4. The van der Waals surface area contributed by atoms with Crippen LogP contribution in [0.3, 0.4) is 0 Å². The topological polar surface area (TPSA) is 34.1 Å². The van der Waals surface area contributed by atoms with E-state index in [2.05, 4.69) is 88.2 Å². The SMILES string of the molecule is CCNC(=NCC(C)N1CCN(C)CC1)N(C)Cc1ccc(Br)cc1.I. The molecule has 1 aliphatic rings. The van der Waals surface area contributed by atoms with Crippen molar-refractivity contribution < 1.29 is 0 Å². The van der Waals surface area contributed by atoms with Crippen LogP contribution in [0, 0.1) is 0 Å². The normalized spacial score (nSPS) is 17.5. The van der Waals surface area contributed by atoms with Crippen LogP contribution in [0.4, 0.5) is 0 Å². The summed E-state index contributed by atoms with van der Waals surface area (Å²) in [6.45, 7) is 11.5. The Morgan fingerprint density at radius 2 is 1.85 bits per heavy atom. The van der Waals surface area contributed by atoms with E-state index in [1.54, 1.807) is 0 Å². The van der Waals surface area contributed by atoms with Crippen LogP contribution < -0.4 is 5.32 Å². The number of hydrogen-bond donors (Lipinski definition) is 1. The number of hydrogen-bond acceptors (Lipinski definition) is 3. The molecular weight excluding hydrogens is 505 g/mol. The maximum Gasteiger partial charge on any atom is 0.194 e. The highest BCUT2D eigenvalue weighted by Crippen LogP contribution is 2.12. The molecule has 0 saturated carbocycles. The molecule has 1 atom stereocenters. The van der Waals surface area contributed by atoms with Gasteiger partial charge in [-0.25, -0.2) is 0 Å². The second kappa shape index (κ2) is 12.2. The van der Waals surface area contributed by atoms with E-state index in [-0.39, 0.29) is 24.0 Å². The predicted octanol–water partition coefficient (Wildman–Crippen LogP) is 3.10. The van der Waals surface area contributed by atoms with Gasteiger partial charge >= 0.3 is 0 Å². The van der Waals surface area contributed by atoms with Crippen LogP contribution in [0.5, 0.6) is 0 Å². The van der Waals surface area contributed by atoms with Crippen LogP contribution in [0.15, 0.2) is 33.7 Å². The highest BCUT2D eigenvalue weighted by Gasteiger charge is 2.19. The summed E-state index contributed by atoms with van der Waals surface area (Å²) in [5, 5.41) is 3.42. The van der Waals surface area contributed by atoms with Crippen LogP contribution in [-0.2, 0) is 6.54 Å². The fraction of sp³-hybridized carbons (Fsp3) is 0.632. The summed E-state index contributed by atoms with van der Waals surface area (Å²) >= 11 is 3.49. The zero-order valence-corrected chi connectivity index (χ0v) is 20.3. The molecule has 5 nitrogen and oxygen atoms in total. The van der Waals surface area contributed by atoms with Gasteiger partial charge in [0.2, 0.25) is 0 Å². The van der Waals surface area contributed by atoms with Gasteiger partial charge in [0.15, 0.2) is 5.96 Å². The molecule has 0 amide bonds. The molecular formula is C19H33BrIN5. The first-order chi connectivity index (χ1) is 12.0. The molecule has 0 bridgehead atoms. The van der Waals surface area contributed by atoms with E-state index in [1.807, 2.05) is 0 Å². The van der Waals surface area contributed by atoms with Crippen LogP contribution >= 0.6 is 39.9 Å². The summed E-state index contributed by atoms with van der Waals surface area (Å²) in [4.78, 5) is 12.0. The Kier molecular flexibility index (Phi) is 11.1. The van der Waals surface area contributed by atoms with Gasteiger partial charge in [0, 0.05) is 56.8 Å². The zero-order valence-electron chi connectivity index (χ0n) is 16.4. The number of aliphatic imine (C=N–C) groups is 1. The molecule has 0 aromatic heterocycles. The average Bonchev–Trinajstić information content (AvgIpc) is 2.60. The van der Waals surface area contributed by atoms with Crippen LogP contribution in [0.25, 0.3) is 0 Å². The maximum absolute atomic E-state index is 4.89. The summed E-state index contributed by atoms with van der Waals surface area (Å²) in [5.41, 5.74) is 1.28. The highest BCUT2D eigenvalue weighted by molar-refractivity contribution is 14.0. The lowest BCUT2D eigenvalue weighted by Gasteiger charge is -2.36. The third-order valence-electron chi connectivity index (χ3n) is 4.70. The molecule has 1 saturated heterocycles. The lowest BCUT2D eigenvalue weighted by molar-refractivity contribution is 0.122. The number of halogens is 2. The van der Waals surface area contributed by atoms with Gasteiger partial charge < -0.3 is 15.1 Å². The number of rotatable bonds is 6. The van der Waals surface area contributed by atoms with Crippen molar-refractivity contribution in [1.82, 2.24) is 20.0 Å². The lowest BCUT2D eigenvalue weighted by atomic mass is 10.2. The number of piperazine rings is 1. The minimum Gasteiger partial charge on any atom is -0.357 e. The Bertz CT molecular complexity index is 543. The number of likely N-dealkylation sites (N-methyl/N-ethyl adjacent to an activating group) is 1. The molecule has 1 fully saturated rings. The molecule has 1 aliphatic heterocycles. The second-order valence-electron chi connectivity index (χ2n) is 6.87. The fourth-order valence-corrected chi connectivity index (χ4v) is 3.27. The first kappa shape index (κ1) is 23.7. The summed E-state index contributed by atoms with van der Waals surface area (Å²) in [5.74, 6) is 0.978. The molecule has 0 radical (unpaired) electrons. The Labute approximate surface area is 184 Å². The zero-order chi connectivity index (χ0) is 18.2. The van der Waals surface area contributed by atoms with Gasteiger partial charge in [-0.15, -0.1) is 24.0 Å². The first-order valence-electron chi connectivity index (χ1n) is 9.16. The Morgan fingerprint density at radius 1 is 1.23 bits per heavy atom. The fourth-order valence-electron chi connectivity index (χ4n) is 3.00. The molecule has 7 heteroatoms. The molecule has 1 aromatic rings.